The van der Waals surface area contributed by atoms with Crippen molar-refractivity contribution in [3.8, 4) is 5.75 Å². The fourth-order valence-corrected chi connectivity index (χ4v) is 1.44. The number of pyridine rings is 1. The van der Waals surface area contributed by atoms with Crippen LogP contribution in [0.3, 0.4) is 0 Å². The summed E-state index contributed by atoms with van der Waals surface area (Å²) >= 11 is 0. The molecule has 3 nitrogen and oxygen atoms in total. The zero-order valence-corrected chi connectivity index (χ0v) is 9.08. The Morgan fingerprint density at radius 3 is 3.00 bits per heavy atom. The molecule has 14 heavy (non-hydrogen) atoms. The predicted molar refractivity (Wildman–Crippen MR) is 57.7 cm³/mol. The maximum atomic E-state index is 5.26. The first-order chi connectivity index (χ1) is 6.79. The second-order valence-corrected chi connectivity index (χ2v) is 3.38. The third-order valence-electron chi connectivity index (χ3n) is 2.31. The molecule has 0 aliphatic rings. The lowest BCUT2D eigenvalue weighted by atomic mass is 10.0. The maximum Gasteiger partial charge on any atom is 0.140 e. The summed E-state index contributed by atoms with van der Waals surface area (Å²) in [5.74, 6) is 1.31. The molecule has 1 heterocycles. The number of aromatic nitrogens is 1. The topological polar surface area (TPSA) is 34.2 Å². The number of nitrogens with one attached hydrogen (secondary N) is 1. The lowest BCUT2D eigenvalue weighted by Crippen LogP contribution is -2.11. The van der Waals surface area contributed by atoms with Crippen molar-refractivity contribution in [2.75, 3.05) is 20.7 Å². The van der Waals surface area contributed by atoms with E-state index in [4.69, 9.17) is 4.74 Å². The van der Waals surface area contributed by atoms with Crippen molar-refractivity contribution in [3.05, 3.63) is 24.0 Å². The number of hydrogen-bond donors (Lipinski definition) is 1. The minimum atomic E-state index is 0.429. The standard InChI is InChI=1S/C11H18N2O/c1-9(6-8-12-2)11-10(14-3)5-4-7-13-11/h4-5,7,9,12H,6,8H2,1-3H3. The van der Waals surface area contributed by atoms with Crippen LogP contribution in [0.4, 0.5) is 0 Å². The summed E-state index contributed by atoms with van der Waals surface area (Å²) in [5.41, 5.74) is 1.05. The van der Waals surface area contributed by atoms with Crippen LogP contribution >= 0.6 is 0 Å². The summed E-state index contributed by atoms with van der Waals surface area (Å²) in [4.78, 5) is 4.35. The quantitative estimate of drug-likeness (QED) is 0.776. The molecule has 1 aromatic rings. The molecule has 0 aliphatic heterocycles. The Kier molecular flexibility index (Phi) is 4.40. The second kappa shape index (κ2) is 5.60. The zero-order chi connectivity index (χ0) is 10.4. The van der Waals surface area contributed by atoms with Gasteiger partial charge in [-0.3, -0.25) is 4.98 Å². The lowest BCUT2D eigenvalue weighted by molar-refractivity contribution is 0.401. The first kappa shape index (κ1) is 11.0. The molecule has 0 spiro atoms. The van der Waals surface area contributed by atoms with Crippen LogP contribution in [0.1, 0.15) is 25.0 Å². The molecule has 0 saturated heterocycles. The first-order valence-corrected chi connectivity index (χ1v) is 4.93. The second-order valence-electron chi connectivity index (χ2n) is 3.38. The third kappa shape index (κ3) is 2.70. The van der Waals surface area contributed by atoms with Gasteiger partial charge in [0.2, 0.25) is 0 Å². The molecule has 0 amide bonds. The first-order valence-electron chi connectivity index (χ1n) is 4.93. The van der Waals surface area contributed by atoms with E-state index in [1.54, 1.807) is 7.11 Å². The van der Waals surface area contributed by atoms with Gasteiger partial charge in [0.15, 0.2) is 0 Å². The maximum absolute atomic E-state index is 5.26. The number of hydrogen-bond acceptors (Lipinski definition) is 3. The molecule has 1 unspecified atom stereocenters. The molecular weight excluding hydrogens is 176 g/mol. The molecule has 3 heteroatoms. The summed E-state index contributed by atoms with van der Waals surface area (Å²) in [6.45, 7) is 3.17. The molecule has 0 aromatic carbocycles. The molecular formula is C11H18N2O. The van der Waals surface area contributed by atoms with E-state index in [1.165, 1.54) is 0 Å². The van der Waals surface area contributed by atoms with Crippen molar-refractivity contribution in [2.24, 2.45) is 0 Å². The van der Waals surface area contributed by atoms with Crippen LogP contribution in [-0.4, -0.2) is 25.7 Å². The molecule has 78 valence electrons. The van der Waals surface area contributed by atoms with Crippen LogP contribution in [-0.2, 0) is 0 Å². The molecule has 1 atom stereocenters. The summed E-state index contributed by atoms with van der Waals surface area (Å²) < 4.78 is 5.26. The van der Waals surface area contributed by atoms with E-state index in [1.807, 2.05) is 25.4 Å². The molecule has 0 aliphatic carbocycles. The van der Waals surface area contributed by atoms with E-state index in [0.717, 1.165) is 24.4 Å². The van der Waals surface area contributed by atoms with E-state index < -0.39 is 0 Å². The Balaban J connectivity index is 2.72. The number of rotatable bonds is 5. The average Bonchev–Trinajstić information content (AvgIpc) is 2.25. The van der Waals surface area contributed by atoms with Gasteiger partial charge in [0.05, 0.1) is 12.8 Å². The van der Waals surface area contributed by atoms with Gasteiger partial charge in [-0.25, -0.2) is 0 Å². The Bertz CT molecular complexity index is 276. The highest BCUT2D eigenvalue weighted by molar-refractivity contribution is 5.29. The van der Waals surface area contributed by atoms with Gasteiger partial charge in [-0.05, 0) is 32.1 Å². The summed E-state index contributed by atoms with van der Waals surface area (Å²) in [5, 5.41) is 3.14. The van der Waals surface area contributed by atoms with Gasteiger partial charge in [0, 0.05) is 12.1 Å². The van der Waals surface area contributed by atoms with Crippen molar-refractivity contribution >= 4 is 0 Å². The van der Waals surface area contributed by atoms with Gasteiger partial charge in [-0.2, -0.15) is 0 Å². The minimum absolute atomic E-state index is 0.429. The van der Waals surface area contributed by atoms with Crippen LogP contribution in [0.25, 0.3) is 0 Å². The van der Waals surface area contributed by atoms with Crippen LogP contribution in [0.15, 0.2) is 18.3 Å². The van der Waals surface area contributed by atoms with Gasteiger partial charge in [0.1, 0.15) is 5.75 Å². The molecule has 1 aromatic heterocycles. The van der Waals surface area contributed by atoms with Gasteiger partial charge >= 0.3 is 0 Å². The monoisotopic (exact) mass is 194 g/mol. The Morgan fingerprint density at radius 2 is 2.36 bits per heavy atom. The van der Waals surface area contributed by atoms with Crippen molar-refractivity contribution in [1.82, 2.24) is 10.3 Å². The summed E-state index contributed by atoms with van der Waals surface area (Å²) in [7, 11) is 3.65. The van der Waals surface area contributed by atoms with Crippen LogP contribution in [0.5, 0.6) is 5.75 Å². The van der Waals surface area contributed by atoms with Crippen LogP contribution in [0, 0.1) is 0 Å². The molecule has 0 fully saturated rings. The summed E-state index contributed by atoms with van der Waals surface area (Å²) in [6.07, 6.45) is 2.89. The fraction of sp³-hybridized carbons (Fsp3) is 0.545. The van der Waals surface area contributed by atoms with E-state index >= 15 is 0 Å². The van der Waals surface area contributed by atoms with Gasteiger partial charge in [0.25, 0.3) is 0 Å². The molecule has 0 bridgehead atoms. The van der Waals surface area contributed by atoms with E-state index in [-0.39, 0.29) is 0 Å². The zero-order valence-electron chi connectivity index (χ0n) is 9.08. The number of nitrogens with zero attached hydrogens (tertiary/aromatic N) is 1. The minimum Gasteiger partial charge on any atom is -0.495 e. The predicted octanol–water partition coefficient (Wildman–Crippen LogP) is 1.80. The van der Waals surface area contributed by atoms with Crippen molar-refractivity contribution < 1.29 is 4.74 Å². The van der Waals surface area contributed by atoms with Crippen LogP contribution < -0.4 is 10.1 Å². The van der Waals surface area contributed by atoms with Gasteiger partial charge in [-0.1, -0.05) is 6.92 Å². The SMILES string of the molecule is CNCCC(C)c1ncccc1OC. The molecule has 1 N–H and O–H groups in total. The van der Waals surface area contributed by atoms with Crippen molar-refractivity contribution in [1.29, 1.82) is 0 Å². The highest BCUT2D eigenvalue weighted by Gasteiger charge is 2.11. The number of ether oxygens (including phenoxy) is 1. The van der Waals surface area contributed by atoms with E-state index in [9.17, 15) is 0 Å². The fourth-order valence-electron chi connectivity index (χ4n) is 1.44. The van der Waals surface area contributed by atoms with Crippen molar-refractivity contribution in [2.45, 2.75) is 19.3 Å². The molecule has 0 saturated carbocycles. The molecule has 0 radical (unpaired) electrons. The normalized spacial score (nSPS) is 12.5. The summed E-state index contributed by atoms with van der Waals surface area (Å²) in [6, 6.07) is 3.85. The smallest absolute Gasteiger partial charge is 0.140 e. The van der Waals surface area contributed by atoms with Crippen LogP contribution in [0.2, 0.25) is 0 Å². The lowest BCUT2D eigenvalue weighted by Gasteiger charge is -2.13. The Labute approximate surface area is 85.5 Å². The highest BCUT2D eigenvalue weighted by atomic mass is 16.5. The van der Waals surface area contributed by atoms with E-state index in [2.05, 4.69) is 17.2 Å². The molecule has 1 rings (SSSR count). The largest absolute Gasteiger partial charge is 0.495 e. The van der Waals surface area contributed by atoms with Gasteiger partial charge in [-0.15, -0.1) is 0 Å². The number of methoxy groups -OCH3 is 1. The Morgan fingerprint density at radius 1 is 1.57 bits per heavy atom. The average molecular weight is 194 g/mol. The third-order valence-corrected chi connectivity index (χ3v) is 2.31. The van der Waals surface area contributed by atoms with E-state index in [0.29, 0.717) is 5.92 Å². The Hall–Kier alpha value is -1.09. The van der Waals surface area contributed by atoms with Crippen molar-refractivity contribution in [3.63, 3.8) is 0 Å². The highest BCUT2D eigenvalue weighted by Crippen LogP contribution is 2.25. The van der Waals surface area contributed by atoms with Gasteiger partial charge < -0.3 is 10.1 Å².